The first-order valence-corrected chi connectivity index (χ1v) is 8.16. The molecule has 1 aliphatic rings. The molecule has 0 spiro atoms. The van der Waals surface area contributed by atoms with Crippen LogP contribution >= 0.6 is 11.3 Å². The minimum Gasteiger partial charge on any atom is -0.380 e. The molecule has 2 nitrogen and oxygen atoms in total. The molecule has 1 aromatic rings. The van der Waals surface area contributed by atoms with E-state index in [0.717, 1.165) is 32.2 Å². The van der Waals surface area contributed by atoms with Gasteiger partial charge in [-0.25, -0.2) is 0 Å². The SMILES string of the molecule is c1csc(CCOCCNC2CCCCCC2)c1. The molecule has 0 radical (unpaired) electrons. The summed E-state index contributed by atoms with van der Waals surface area (Å²) >= 11 is 1.82. The Morgan fingerprint density at radius 2 is 2.00 bits per heavy atom. The standard InChI is InChI=1S/C15H25NOS/c1-2-4-7-14(6-3-1)16-10-12-17-11-9-15-8-5-13-18-15/h5,8,13-14,16H,1-4,6-7,9-12H2. The second-order valence-corrected chi connectivity index (χ2v) is 6.12. The van der Waals surface area contributed by atoms with E-state index in [2.05, 4.69) is 22.8 Å². The molecule has 0 amide bonds. The number of nitrogens with one attached hydrogen (secondary N) is 1. The van der Waals surface area contributed by atoms with Crippen LogP contribution < -0.4 is 5.32 Å². The fourth-order valence-corrected chi connectivity index (χ4v) is 3.24. The molecule has 1 N–H and O–H groups in total. The maximum atomic E-state index is 5.67. The first-order chi connectivity index (χ1) is 8.95. The van der Waals surface area contributed by atoms with E-state index < -0.39 is 0 Å². The first-order valence-electron chi connectivity index (χ1n) is 7.28. The highest BCUT2D eigenvalue weighted by atomic mass is 32.1. The Bertz CT molecular complexity index is 291. The maximum absolute atomic E-state index is 5.67. The van der Waals surface area contributed by atoms with Crippen LogP contribution in [0.5, 0.6) is 0 Å². The fraction of sp³-hybridized carbons (Fsp3) is 0.733. The van der Waals surface area contributed by atoms with Gasteiger partial charge in [0.1, 0.15) is 0 Å². The average molecular weight is 267 g/mol. The lowest BCUT2D eigenvalue weighted by atomic mass is 10.1. The number of hydrogen-bond acceptors (Lipinski definition) is 3. The van der Waals surface area contributed by atoms with Crippen LogP contribution in [-0.4, -0.2) is 25.8 Å². The van der Waals surface area contributed by atoms with Gasteiger partial charge in [-0.3, -0.25) is 0 Å². The summed E-state index contributed by atoms with van der Waals surface area (Å²) < 4.78 is 5.67. The van der Waals surface area contributed by atoms with Gasteiger partial charge in [0.15, 0.2) is 0 Å². The molecule has 3 heteroatoms. The van der Waals surface area contributed by atoms with Gasteiger partial charge in [-0.05, 0) is 24.3 Å². The minimum atomic E-state index is 0.744. The molecule has 1 saturated carbocycles. The Kier molecular flexibility index (Phi) is 6.77. The molecule has 2 rings (SSSR count). The van der Waals surface area contributed by atoms with Crippen molar-refractivity contribution in [3.8, 4) is 0 Å². The molecule has 0 unspecified atom stereocenters. The van der Waals surface area contributed by atoms with Gasteiger partial charge >= 0.3 is 0 Å². The van der Waals surface area contributed by atoms with E-state index in [9.17, 15) is 0 Å². The lowest BCUT2D eigenvalue weighted by Gasteiger charge is -2.15. The lowest BCUT2D eigenvalue weighted by Crippen LogP contribution is -2.31. The third kappa shape index (κ3) is 5.51. The fourth-order valence-electron chi connectivity index (χ4n) is 2.55. The first kappa shape index (κ1) is 14.0. The highest BCUT2D eigenvalue weighted by molar-refractivity contribution is 7.09. The number of thiophene rings is 1. The predicted molar refractivity (Wildman–Crippen MR) is 78.3 cm³/mol. The van der Waals surface area contributed by atoms with Gasteiger partial charge < -0.3 is 10.1 Å². The van der Waals surface area contributed by atoms with E-state index in [1.165, 1.54) is 43.4 Å². The topological polar surface area (TPSA) is 21.3 Å². The Morgan fingerprint density at radius 1 is 1.17 bits per heavy atom. The quantitative estimate of drug-likeness (QED) is 0.602. The van der Waals surface area contributed by atoms with Gasteiger partial charge in [0.2, 0.25) is 0 Å². The van der Waals surface area contributed by atoms with Crippen molar-refractivity contribution >= 4 is 11.3 Å². The largest absolute Gasteiger partial charge is 0.380 e. The Morgan fingerprint density at radius 3 is 2.72 bits per heavy atom. The molecule has 0 bridgehead atoms. The van der Waals surface area contributed by atoms with Crippen molar-refractivity contribution in [2.24, 2.45) is 0 Å². The molecule has 0 saturated heterocycles. The number of hydrogen-bond donors (Lipinski definition) is 1. The third-order valence-electron chi connectivity index (χ3n) is 3.61. The molecule has 1 aromatic heterocycles. The van der Waals surface area contributed by atoms with Crippen LogP contribution in [0.3, 0.4) is 0 Å². The minimum absolute atomic E-state index is 0.744. The zero-order chi connectivity index (χ0) is 12.5. The van der Waals surface area contributed by atoms with E-state index in [0.29, 0.717) is 0 Å². The normalized spacial score (nSPS) is 17.8. The van der Waals surface area contributed by atoms with Crippen molar-refractivity contribution in [1.29, 1.82) is 0 Å². The molecule has 1 heterocycles. The van der Waals surface area contributed by atoms with Gasteiger partial charge in [-0.1, -0.05) is 31.7 Å². The Balaban J connectivity index is 1.45. The second kappa shape index (κ2) is 8.68. The summed E-state index contributed by atoms with van der Waals surface area (Å²) in [5.74, 6) is 0. The van der Waals surface area contributed by atoms with E-state index in [4.69, 9.17) is 4.74 Å². The molecule has 0 aromatic carbocycles. The van der Waals surface area contributed by atoms with E-state index in [1.807, 2.05) is 11.3 Å². The highest BCUT2D eigenvalue weighted by Crippen LogP contribution is 2.16. The summed E-state index contributed by atoms with van der Waals surface area (Å²) in [5.41, 5.74) is 0. The maximum Gasteiger partial charge on any atom is 0.0591 e. The Labute approximate surface area is 115 Å². The van der Waals surface area contributed by atoms with Gasteiger partial charge in [-0.15, -0.1) is 11.3 Å². The molecule has 0 atom stereocenters. The summed E-state index contributed by atoms with van der Waals surface area (Å²) in [5, 5.41) is 5.76. The average Bonchev–Trinajstić information content (AvgIpc) is 2.76. The van der Waals surface area contributed by atoms with Crippen LogP contribution in [0.25, 0.3) is 0 Å². The molecule has 18 heavy (non-hydrogen) atoms. The van der Waals surface area contributed by atoms with Crippen molar-refractivity contribution in [3.05, 3.63) is 22.4 Å². The molecule has 0 aliphatic heterocycles. The van der Waals surface area contributed by atoms with Gasteiger partial charge in [-0.2, -0.15) is 0 Å². The van der Waals surface area contributed by atoms with E-state index >= 15 is 0 Å². The Hall–Kier alpha value is -0.380. The van der Waals surface area contributed by atoms with Crippen molar-refractivity contribution in [3.63, 3.8) is 0 Å². The summed E-state index contributed by atoms with van der Waals surface area (Å²) in [6, 6.07) is 5.03. The molecule has 1 aliphatic carbocycles. The monoisotopic (exact) mass is 267 g/mol. The van der Waals surface area contributed by atoms with Crippen molar-refractivity contribution in [2.75, 3.05) is 19.8 Å². The van der Waals surface area contributed by atoms with Crippen LogP contribution in [0.1, 0.15) is 43.4 Å². The van der Waals surface area contributed by atoms with Gasteiger partial charge in [0.05, 0.1) is 13.2 Å². The van der Waals surface area contributed by atoms with E-state index in [-0.39, 0.29) is 0 Å². The smallest absolute Gasteiger partial charge is 0.0591 e. The van der Waals surface area contributed by atoms with Gasteiger partial charge in [0.25, 0.3) is 0 Å². The van der Waals surface area contributed by atoms with E-state index in [1.54, 1.807) is 0 Å². The summed E-state index contributed by atoms with van der Waals surface area (Å²) in [6.45, 7) is 2.71. The third-order valence-corrected chi connectivity index (χ3v) is 4.54. The molecular formula is C15H25NOS. The van der Waals surface area contributed by atoms with Crippen molar-refractivity contribution < 1.29 is 4.74 Å². The lowest BCUT2D eigenvalue weighted by molar-refractivity contribution is 0.136. The molecule has 1 fully saturated rings. The zero-order valence-corrected chi connectivity index (χ0v) is 12.0. The highest BCUT2D eigenvalue weighted by Gasteiger charge is 2.10. The van der Waals surface area contributed by atoms with Crippen molar-refractivity contribution in [1.82, 2.24) is 5.32 Å². The van der Waals surface area contributed by atoms with Crippen LogP contribution in [0.4, 0.5) is 0 Å². The van der Waals surface area contributed by atoms with Crippen LogP contribution in [0.15, 0.2) is 17.5 Å². The molecular weight excluding hydrogens is 242 g/mol. The van der Waals surface area contributed by atoms with Crippen molar-refractivity contribution in [2.45, 2.75) is 51.0 Å². The van der Waals surface area contributed by atoms with Gasteiger partial charge in [0, 0.05) is 23.9 Å². The van der Waals surface area contributed by atoms with Crippen LogP contribution in [0, 0.1) is 0 Å². The second-order valence-electron chi connectivity index (χ2n) is 5.08. The number of rotatable bonds is 7. The summed E-state index contributed by atoms with van der Waals surface area (Å²) in [6.07, 6.45) is 9.42. The predicted octanol–water partition coefficient (Wildman–Crippen LogP) is 3.62. The van der Waals surface area contributed by atoms with Crippen LogP contribution in [0.2, 0.25) is 0 Å². The van der Waals surface area contributed by atoms with Crippen LogP contribution in [-0.2, 0) is 11.2 Å². The number of ether oxygens (including phenoxy) is 1. The molecule has 102 valence electrons. The summed E-state index contributed by atoms with van der Waals surface area (Å²) in [7, 11) is 0. The zero-order valence-electron chi connectivity index (χ0n) is 11.2. The summed E-state index contributed by atoms with van der Waals surface area (Å²) in [4.78, 5) is 1.42.